The smallest absolute Gasteiger partial charge is 0.203 e. The lowest BCUT2D eigenvalue weighted by Crippen LogP contribution is -2.27. The molecule has 0 spiro atoms. The van der Waals surface area contributed by atoms with Crippen molar-refractivity contribution in [1.29, 1.82) is 0 Å². The van der Waals surface area contributed by atoms with Gasteiger partial charge in [-0.15, -0.1) is 0 Å². The highest BCUT2D eigenvalue weighted by Crippen LogP contribution is 2.44. The third kappa shape index (κ3) is 4.65. The molecular weight excluding hydrogens is 432 g/mol. The van der Waals surface area contributed by atoms with Gasteiger partial charge in [-0.05, 0) is 29.8 Å². The number of aliphatic hydroxyl groups excluding tert-OH is 1. The van der Waals surface area contributed by atoms with Crippen LogP contribution in [0.4, 0.5) is 0 Å². The van der Waals surface area contributed by atoms with E-state index in [1.165, 1.54) is 42.7 Å². The van der Waals surface area contributed by atoms with E-state index in [1.54, 1.807) is 24.3 Å². The van der Waals surface area contributed by atoms with Gasteiger partial charge in [-0.1, -0.05) is 0 Å². The van der Waals surface area contributed by atoms with E-state index in [0.717, 1.165) is 0 Å². The van der Waals surface area contributed by atoms with Crippen LogP contribution in [0.5, 0.6) is 34.5 Å². The maximum Gasteiger partial charge on any atom is 0.203 e. The van der Waals surface area contributed by atoms with Gasteiger partial charge >= 0.3 is 0 Å². The van der Waals surface area contributed by atoms with E-state index in [4.69, 9.17) is 33.2 Å². The van der Waals surface area contributed by atoms with Gasteiger partial charge in [0.25, 0.3) is 0 Å². The standard InChI is InChI=1S/C24H30O9/c1-27-17-7-13(8-18(28-2)23(17)31-5)21(25)15-11-33-12-16(15)22(26)14-9-19(29-3)24(32-6)20(10-14)30-4/h7-10,15-16,21,25H,11-12H2,1-6H3/t15-,16-,21+/m0/s1. The van der Waals surface area contributed by atoms with Gasteiger partial charge in [0.05, 0.1) is 67.9 Å². The van der Waals surface area contributed by atoms with Crippen LogP contribution in [0.3, 0.4) is 0 Å². The minimum atomic E-state index is -1.00. The van der Waals surface area contributed by atoms with Crippen molar-refractivity contribution in [3.05, 3.63) is 35.4 Å². The molecule has 3 rings (SSSR count). The first-order valence-electron chi connectivity index (χ1n) is 10.3. The Morgan fingerprint density at radius 3 is 1.67 bits per heavy atom. The van der Waals surface area contributed by atoms with E-state index < -0.39 is 17.9 Å². The Labute approximate surface area is 193 Å². The summed E-state index contributed by atoms with van der Waals surface area (Å²) < 4.78 is 37.8. The molecule has 1 aliphatic heterocycles. The Hall–Kier alpha value is -3.17. The molecule has 0 amide bonds. The summed E-state index contributed by atoms with van der Waals surface area (Å²) in [6.07, 6.45) is -1.00. The Balaban J connectivity index is 1.95. The van der Waals surface area contributed by atoms with Crippen LogP contribution in [-0.4, -0.2) is 66.8 Å². The van der Waals surface area contributed by atoms with Gasteiger partial charge in [-0.25, -0.2) is 0 Å². The molecule has 0 radical (unpaired) electrons. The van der Waals surface area contributed by atoms with Crippen molar-refractivity contribution in [2.75, 3.05) is 55.9 Å². The average Bonchev–Trinajstić information content (AvgIpc) is 3.35. The van der Waals surface area contributed by atoms with E-state index in [-0.39, 0.29) is 19.0 Å². The molecule has 1 saturated heterocycles. The Bertz CT molecular complexity index is 938. The Kier molecular flexibility index (Phi) is 7.88. The minimum Gasteiger partial charge on any atom is -0.493 e. The summed E-state index contributed by atoms with van der Waals surface area (Å²) in [5.41, 5.74) is 0.907. The number of ketones is 1. The number of carbonyl (C=O) groups is 1. The molecule has 33 heavy (non-hydrogen) atoms. The number of aliphatic hydroxyl groups is 1. The third-order valence-corrected chi connectivity index (χ3v) is 5.84. The van der Waals surface area contributed by atoms with Crippen LogP contribution in [0.15, 0.2) is 24.3 Å². The molecule has 0 bridgehead atoms. The molecule has 0 unspecified atom stereocenters. The highest BCUT2D eigenvalue weighted by molar-refractivity contribution is 5.99. The molecule has 9 nitrogen and oxygen atoms in total. The summed E-state index contributed by atoms with van der Waals surface area (Å²) in [4.78, 5) is 13.5. The first-order valence-corrected chi connectivity index (χ1v) is 10.3. The first-order chi connectivity index (χ1) is 15.9. The summed E-state index contributed by atoms with van der Waals surface area (Å²) in [6, 6.07) is 6.55. The van der Waals surface area contributed by atoms with E-state index in [9.17, 15) is 9.90 Å². The van der Waals surface area contributed by atoms with Crippen LogP contribution in [0.2, 0.25) is 0 Å². The van der Waals surface area contributed by atoms with Crippen LogP contribution >= 0.6 is 0 Å². The molecule has 0 saturated carbocycles. The second-order valence-corrected chi connectivity index (χ2v) is 7.49. The molecule has 1 fully saturated rings. The number of Topliss-reactive ketones (excluding diaryl/α,β-unsaturated/α-hetero) is 1. The molecule has 0 aromatic heterocycles. The van der Waals surface area contributed by atoms with E-state index in [1.807, 2.05) is 0 Å². The molecule has 1 aliphatic rings. The van der Waals surface area contributed by atoms with Crippen molar-refractivity contribution in [3.8, 4) is 34.5 Å². The minimum absolute atomic E-state index is 0.182. The van der Waals surface area contributed by atoms with Crippen LogP contribution in [-0.2, 0) is 4.74 Å². The van der Waals surface area contributed by atoms with Crippen LogP contribution in [0.25, 0.3) is 0 Å². The SMILES string of the molecule is COc1cc(C(=O)[C@H]2COC[C@@H]2[C@H](O)c2cc(OC)c(OC)c(OC)c2)cc(OC)c1OC. The number of hydrogen-bond acceptors (Lipinski definition) is 9. The third-order valence-electron chi connectivity index (χ3n) is 5.84. The first kappa shape index (κ1) is 24.5. The highest BCUT2D eigenvalue weighted by atomic mass is 16.5. The molecule has 180 valence electrons. The van der Waals surface area contributed by atoms with Gasteiger partial charge in [-0.3, -0.25) is 4.79 Å². The van der Waals surface area contributed by atoms with Crippen LogP contribution in [0.1, 0.15) is 22.0 Å². The number of rotatable bonds is 10. The molecule has 3 atom stereocenters. The van der Waals surface area contributed by atoms with Crippen molar-refractivity contribution >= 4 is 5.78 Å². The monoisotopic (exact) mass is 462 g/mol. The second kappa shape index (κ2) is 10.6. The number of ether oxygens (including phenoxy) is 7. The summed E-state index contributed by atoms with van der Waals surface area (Å²) in [5.74, 6) is 1.14. The summed E-state index contributed by atoms with van der Waals surface area (Å²) in [6.45, 7) is 0.403. The fourth-order valence-electron chi connectivity index (χ4n) is 4.11. The van der Waals surface area contributed by atoms with Crippen molar-refractivity contribution in [3.63, 3.8) is 0 Å². The van der Waals surface area contributed by atoms with Crippen molar-refractivity contribution in [2.45, 2.75) is 6.10 Å². The maximum absolute atomic E-state index is 13.5. The average molecular weight is 462 g/mol. The lowest BCUT2D eigenvalue weighted by atomic mass is 9.82. The predicted octanol–water partition coefficient (Wildman–Crippen LogP) is 2.92. The molecule has 2 aromatic carbocycles. The summed E-state index contributed by atoms with van der Waals surface area (Å²) in [7, 11) is 8.98. The normalized spacial score (nSPS) is 18.4. The fourth-order valence-corrected chi connectivity index (χ4v) is 4.11. The zero-order chi connectivity index (χ0) is 24.1. The Morgan fingerprint density at radius 1 is 0.788 bits per heavy atom. The zero-order valence-electron chi connectivity index (χ0n) is 19.7. The second-order valence-electron chi connectivity index (χ2n) is 7.49. The fraction of sp³-hybridized carbons (Fsp3) is 0.458. The molecular formula is C24H30O9. The molecule has 0 aliphatic carbocycles. The maximum atomic E-state index is 13.5. The van der Waals surface area contributed by atoms with E-state index >= 15 is 0 Å². The number of carbonyl (C=O) groups excluding carboxylic acids is 1. The van der Waals surface area contributed by atoms with Gasteiger partial charge in [0, 0.05) is 11.5 Å². The quantitative estimate of drug-likeness (QED) is 0.534. The van der Waals surface area contributed by atoms with Gasteiger partial charge in [0.1, 0.15) is 0 Å². The predicted molar refractivity (Wildman–Crippen MR) is 119 cm³/mol. The Morgan fingerprint density at radius 2 is 1.24 bits per heavy atom. The molecule has 2 aromatic rings. The topological polar surface area (TPSA) is 102 Å². The molecule has 9 heteroatoms. The van der Waals surface area contributed by atoms with E-state index in [2.05, 4.69) is 0 Å². The molecule has 1 heterocycles. The van der Waals surface area contributed by atoms with Crippen molar-refractivity contribution in [1.82, 2.24) is 0 Å². The number of hydrogen-bond donors (Lipinski definition) is 1. The summed E-state index contributed by atoms with van der Waals surface area (Å²) in [5, 5.41) is 11.2. The van der Waals surface area contributed by atoms with Gasteiger partial charge in [0.15, 0.2) is 28.8 Å². The number of methoxy groups -OCH3 is 6. The lowest BCUT2D eigenvalue weighted by molar-refractivity contribution is 0.0673. The van der Waals surface area contributed by atoms with E-state index in [0.29, 0.717) is 45.6 Å². The van der Waals surface area contributed by atoms with Crippen LogP contribution < -0.4 is 28.4 Å². The number of benzene rings is 2. The van der Waals surface area contributed by atoms with Gasteiger partial charge in [0.2, 0.25) is 11.5 Å². The van der Waals surface area contributed by atoms with Gasteiger partial charge < -0.3 is 38.3 Å². The largest absolute Gasteiger partial charge is 0.493 e. The lowest BCUT2D eigenvalue weighted by Gasteiger charge is -2.24. The van der Waals surface area contributed by atoms with Crippen LogP contribution in [0, 0.1) is 11.8 Å². The zero-order valence-corrected chi connectivity index (χ0v) is 19.7. The summed E-state index contributed by atoms with van der Waals surface area (Å²) >= 11 is 0. The van der Waals surface area contributed by atoms with Gasteiger partial charge in [-0.2, -0.15) is 0 Å². The molecule has 1 N–H and O–H groups in total. The van der Waals surface area contributed by atoms with Crippen molar-refractivity contribution < 1.29 is 43.1 Å². The highest BCUT2D eigenvalue weighted by Gasteiger charge is 2.40. The van der Waals surface area contributed by atoms with Crippen molar-refractivity contribution in [2.24, 2.45) is 11.8 Å².